The van der Waals surface area contributed by atoms with E-state index in [1.807, 2.05) is 0 Å². The smallest absolute Gasteiger partial charge is 0.435 e. The lowest BCUT2D eigenvalue weighted by atomic mass is 10.3. The molecule has 1 heterocycles. The van der Waals surface area contributed by atoms with Crippen molar-refractivity contribution in [3.63, 3.8) is 0 Å². The lowest BCUT2D eigenvalue weighted by Gasteiger charge is -2.12. The summed E-state index contributed by atoms with van der Waals surface area (Å²) >= 11 is 0. The van der Waals surface area contributed by atoms with Gasteiger partial charge in [-0.25, -0.2) is 4.79 Å². The summed E-state index contributed by atoms with van der Waals surface area (Å²) in [7, 11) is -3.54. The van der Waals surface area contributed by atoms with E-state index in [4.69, 9.17) is 4.74 Å². The van der Waals surface area contributed by atoms with E-state index in [9.17, 15) is 13.2 Å². The van der Waals surface area contributed by atoms with Gasteiger partial charge in [-0.05, 0) is 13.8 Å². The third-order valence-electron chi connectivity index (χ3n) is 1.70. The fourth-order valence-electron chi connectivity index (χ4n) is 1.07. The van der Waals surface area contributed by atoms with Crippen LogP contribution in [0.1, 0.15) is 13.8 Å². The van der Waals surface area contributed by atoms with Gasteiger partial charge in [-0.3, -0.25) is 4.18 Å². The Balaban J connectivity index is 2.51. The van der Waals surface area contributed by atoms with Crippen molar-refractivity contribution in [3.8, 4) is 0 Å². The van der Waals surface area contributed by atoms with Crippen molar-refractivity contribution < 1.29 is 26.9 Å². The minimum atomic E-state index is -3.54. The highest BCUT2D eigenvalue weighted by atomic mass is 32.2. The van der Waals surface area contributed by atoms with E-state index in [2.05, 4.69) is 8.92 Å². The Labute approximate surface area is 82.3 Å². The summed E-state index contributed by atoms with van der Waals surface area (Å²) in [5, 5.41) is 0. The molecule has 1 rings (SSSR count). The third-order valence-corrected chi connectivity index (χ3v) is 3.03. The number of ether oxygens (including phenoxy) is 2. The minimum absolute atomic E-state index is 0.188. The fraction of sp³-hybridized carbons (Fsp3) is 0.857. The first-order valence-electron chi connectivity index (χ1n) is 4.19. The molecule has 1 saturated heterocycles. The van der Waals surface area contributed by atoms with E-state index in [1.54, 1.807) is 6.92 Å². The first-order chi connectivity index (χ1) is 6.44. The summed E-state index contributed by atoms with van der Waals surface area (Å²) in [6, 6.07) is 0. The topological polar surface area (TPSA) is 78.9 Å². The maximum absolute atomic E-state index is 10.9. The second-order valence-electron chi connectivity index (χ2n) is 2.87. The van der Waals surface area contributed by atoms with Crippen LogP contribution < -0.4 is 0 Å². The van der Waals surface area contributed by atoms with E-state index in [-0.39, 0.29) is 12.4 Å². The quantitative estimate of drug-likeness (QED) is 0.495. The SMILES string of the molecule is CCOC(=O)OC1CS(=O)(=O)OC1C. The highest BCUT2D eigenvalue weighted by Gasteiger charge is 2.38. The monoisotopic (exact) mass is 224 g/mol. The third kappa shape index (κ3) is 2.85. The molecule has 6 nitrogen and oxygen atoms in total. The van der Waals surface area contributed by atoms with Crippen LogP contribution in [0, 0.1) is 0 Å². The summed E-state index contributed by atoms with van der Waals surface area (Å²) in [5.41, 5.74) is 0. The molecule has 0 aromatic rings. The first kappa shape index (κ1) is 11.3. The van der Waals surface area contributed by atoms with Crippen molar-refractivity contribution in [1.82, 2.24) is 0 Å². The second kappa shape index (κ2) is 4.14. The first-order valence-corrected chi connectivity index (χ1v) is 5.76. The lowest BCUT2D eigenvalue weighted by Crippen LogP contribution is -2.27. The van der Waals surface area contributed by atoms with Gasteiger partial charge in [-0.1, -0.05) is 0 Å². The number of hydrogen-bond acceptors (Lipinski definition) is 6. The zero-order valence-corrected chi connectivity index (χ0v) is 8.74. The Bertz CT molecular complexity index is 308. The average molecular weight is 224 g/mol. The molecule has 0 spiro atoms. The molecule has 2 atom stereocenters. The molecule has 1 aliphatic rings. The summed E-state index contributed by atoms with van der Waals surface area (Å²) in [5.74, 6) is -0.313. The van der Waals surface area contributed by atoms with Gasteiger partial charge in [0.05, 0.1) is 6.61 Å². The highest BCUT2D eigenvalue weighted by molar-refractivity contribution is 7.87. The number of carbonyl (C=O) groups is 1. The van der Waals surface area contributed by atoms with E-state index >= 15 is 0 Å². The largest absolute Gasteiger partial charge is 0.508 e. The Hall–Kier alpha value is -0.820. The van der Waals surface area contributed by atoms with E-state index in [0.717, 1.165) is 0 Å². The lowest BCUT2D eigenvalue weighted by molar-refractivity contribution is 0.00740. The van der Waals surface area contributed by atoms with Crippen LogP contribution in [0.25, 0.3) is 0 Å². The molecule has 0 saturated carbocycles. The minimum Gasteiger partial charge on any atom is -0.435 e. The fourth-order valence-corrected chi connectivity index (χ4v) is 2.48. The molecule has 0 radical (unpaired) electrons. The summed E-state index contributed by atoms with van der Waals surface area (Å²) in [6.07, 6.45) is -2.30. The predicted molar refractivity (Wildman–Crippen MR) is 46.2 cm³/mol. The van der Waals surface area contributed by atoms with Crippen molar-refractivity contribution in [3.05, 3.63) is 0 Å². The Morgan fingerprint density at radius 3 is 2.64 bits per heavy atom. The van der Waals surface area contributed by atoms with Crippen molar-refractivity contribution in [2.24, 2.45) is 0 Å². The van der Waals surface area contributed by atoms with Crippen LogP contribution in [0.15, 0.2) is 0 Å². The van der Waals surface area contributed by atoms with Gasteiger partial charge in [0.1, 0.15) is 18.0 Å². The highest BCUT2D eigenvalue weighted by Crippen LogP contribution is 2.19. The van der Waals surface area contributed by atoms with Gasteiger partial charge in [0, 0.05) is 0 Å². The summed E-state index contributed by atoms with van der Waals surface area (Å²) in [6.45, 7) is 3.34. The number of rotatable bonds is 2. The van der Waals surface area contributed by atoms with E-state index < -0.39 is 28.5 Å². The van der Waals surface area contributed by atoms with Gasteiger partial charge in [-0.15, -0.1) is 0 Å². The maximum Gasteiger partial charge on any atom is 0.508 e. The normalized spacial score (nSPS) is 29.9. The molecule has 7 heteroatoms. The molecular weight excluding hydrogens is 212 g/mol. The van der Waals surface area contributed by atoms with Crippen molar-refractivity contribution in [1.29, 1.82) is 0 Å². The summed E-state index contributed by atoms with van der Waals surface area (Å²) in [4.78, 5) is 10.9. The molecular formula is C7H12O6S. The molecule has 0 bridgehead atoms. The van der Waals surface area contributed by atoms with Gasteiger partial charge < -0.3 is 9.47 Å². The molecule has 2 unspecified atom stereocenters. The van der Waals surface area contributed by atoms with Crippen molar-refractivity contribution >= 4 is 16.3 Å². The van der Waals surface area contributed by atoms with Gasteiger partial charge in [0.2, 0.25) is 0 Å². The molecule has 0 N–H and O–H groups in total. The molecule has 1 fully saturated rings. The van der Waals surface area contributed by atoms with Crippen LogP contribution >= 0.6 is 0 Å². The molecule has 1 aliphatic heterocycles. The zero-order chi connectivity index (χ0) is 10.8. The van der Waals surface area contributed by atoms with Gasteiger partial charge in [0.15, 0.2) is 0 Å². The standard InChI is InChI=1S/C7H12O6S/c1-3-11-7(8)12-6-4-14(9,10)13-5(6)2/h5-6H,3-4H2,1-2H3. The molecule has 82 valence electrons. The van der Waals surface area contributed by atoms with Crippen LogP contribution in [0.3, 0.4) is 0 Å². The molecule has 0 aromatic heterocycles. The molecule has 14 heavy (non-hydrogen) atoms. The van der Waals surface area contributed by atoms with Crippen molar-refractivity contribution in [2.75, 3.05) is 12.4 Å². The van der Waals surface area contributed by atoms with Crippen LogP contribution in [-0.2, 0) is 23.8 Å². The Morgan fingerprint density at radius 1 is 1.57 bits per heavy atom. The Kier molecular flexibility index (Phi) is 3.33. The van der Waals surface area contributed by atoms with Crippen LogP contribution in [0.2, 0.25) is 0 Å². The van der Waals surface area contributed by atoms with E-state index in [0.29, 0.717) is 0 Å². The second-order valence-corrected chi connectivity index (χ2v) is 4.51. The van der Waals surface area contributed by atoms with Gasteiger partial charge >= 0.3 is 6.16 Å². The predicted octanol–water partition coefficient (Wildman–Crippen LogP) is 0.277. The number of hydrogen-bond donors (Lipinski definition) is 0. The van der Waals surface area contributed by atoms with Crippen LogP contribution in [0.4, 0.5) is 4.79 Å². The van der Waals surface area contributed by atoms with Crippen molar-refractivity contribution in [2.45, 2.75) is 26.1 Å². The van der Waals surface area contributed by atoms with E-state index in [1.165, 1.54) is 6.92 Å². The molecule has 0 aromatic carbocycles. The Morgan fingerprint density at radius 2 is 2.21 bits per heavy atom. The molecule has 0 aliphatic carbocycles. The van der Waals surface area contributed by atoms with Gasteiger partial charge in [0.25, 0.3) is 10.1 Å². The summed E-state index contributed by atoms with van der Waals surface area (Å²) < 4.78 is 35.7. The molecule has 0 amide bonds. The van der Waals surface area contributed by atoms with Gasteiger partial charge in [-0.2, -0.15) is 8.42 Å². The average Bonchev–Trinajstić information content (AvgIpc) is 2.25. The number of carbonyl (C=O) groups excluding carboxylic acids is 1. The van der Waals surface area contributed by atoms with Crippen LogP contribution in [0.5, 0.6) is 0 Å². The maximum atomic E-state index is 10.9. The zero-order valence-electron chi connectivity index (χ0n) is 7.93. The van der Waals surface area contributed by atoms with Crippen LogP contribution in [-0.4, -0.2) is 39.1 Å².